The number of rotatable bonds is 2. The molecule has 0 radical (unpaired) electrons. The first-order valence-electron chi connectivity index (χ1n) is 6.11. The van der Waals surface area contributed by atoms with E-state index in [0.717, 1.165) is 5.56 Å². The van der Waals surface area contributed by atoms with Gasteiger partial charge in [0, 0.05) is 18.3 Å². The Hall–Kier alpha value is -2.80. The Morgan fingerprint density at radius 2 is 1.85 bits per heavy atom. The van der Waals surface area contributed by atoms with E-state index in [1.54, 1.807) is 50.4 Å². The van der Waals surface area contributed by atoms with E-state index in [0.29, 0.717) is 16.8 Å². The molecule has 0 aromatic heterocycles. The van der Waals surface area contributed by atoms with E-state index in [1.807, 2.05) is 6.07 Å². The summed E-state index contributed by atoms with van der Waals surface area (Å²) in [5.74, 6) is -0.0210. The van der Waals surface area contributed by atoms with Gasteiger partial charge in [-0.15, -0.1) is 0 Å². The molecule has 0 saturated heterocycles. The van der Waals surface area contributed by atoms with E-state index in [4.69, 9.17) is 5.26 Å². The van der Waals surface area contributed by atoms with Crippen LogP contribution in [0.3, 0.4) is 0 Å². The molecule has 2 rings (SSSR count). The average molecular weight is 266 g/mol. The molecule has 4 nitrogen and oxygen atoms in total. The topological polar surface area (TPSA) is 64.3 Å². The summed E-state index contributed by atoms with van der Waals surface area (Å²) < 4.78 is 0. The molecule has 0 atom stereocenters. The maximum absolute atomic E-state index is 12.4. The van der Waals surface area contributed by atoms with Crippen LogP contribution in [0.2, 0.25) is 0 Å². The summed E-state index contributed by atoms with van der Waals surface area (Å²) in [7, 11) is 1.68. The number of hydrogen-bond acceptors (Lipinski definition) is 3. The summed E-state index contributed by atoms with van der Waals surface area (Å²) >= 11 is 0. The second-order valence-electron chi connectivity index (χ2n) is 4.52. The molecule has 0 saturated carbocycles. The third-order valence-electron chi connectivity index (χ3n) is 3.13. The van der Waals surface area contributed by atoms with Gasteiger partial charge in [-0.3, -0.25) is 4.79 Å². The normalized spacial score (nSPS) is 9.85. The monoisotopic (exact) mass is 266 g/mol. The van der Waals surface area contributed by atoms with Gasteiger partial charge in [-0.05, 0) is 55.0 Å². The SMILES string of the molecule is Cc1cc(O)ccc1C(=O)N(C)c1ccc(C#N)cc1. The Balaban J connectivity index is 2.30. The van der Waals surface area contributed by atoms with E-state index < -0.39 is 0 Å². The fourth-order valence-corrected chi connectivity index (χ4v) is 1.95. The predicted octanol–water partition coefficient (Wildman–Crippen LogP) is 2.85. The van der Waals surface area contributed by atoms with Crippen molar-refractivity contribution in [3.05, 3.63) is 59.2 Å². The lowest BCUT2D eigenvalue weighted by Gasteiger charge is -2.18. The zero-order chi connectivity index (χ0) is 14.7. The molecule has 1 N–H and O–H groups in total. The fourth-order valence-electron chi connectivity index (χ4n) is 1.95. The van der Waals surface area contributed by atoms with Crippen molar-refractivity contribution in [3.63, 3.8) is 0 Å². The Bertz CT molecular complexity index is 685. The maximum Gasteiger partial charge on any atom is 0.258 e. The number of nitriles is 1. The minimum absolute atomic E-state index is 0.139. The summed E-state index contributed by atoms with van der Waals surface area (Å²) in [6.45, 7) is 1.78. The molecule has 2 aromatic rings. The van der Waals surface area contributed by atoms with Crippen molar-refractivity contribution in [3.8, 4) is 11.8 Å². The van der Waals surface area contributed by atoms with E-state index in [9.17, 15) is 9.90 Å². The van der Waals surface area contributed by atoms with Crippen molar-refractivity contribution in [1.29, 1.82) is 5.26 Å². The highest BCUT2D eigenvalue weighted by molar-refractivity contribution is 6.06. The van der Waals surface area contributed by atoms with Crippen LogP contribution in [-0.2, 0) is 0 Å². The van der Waals surface area contributed by atoms with Gasteiger partial charge >= 0.3 is 0 Å². The number of phenols is 1. The first-order chi connectivity index (χ1) is 9.52. The van der Waals surface area contributed by atoms with Crippen LogP contribution in [0.15, 0.2) is 42.5 Å². The lowest BCUT2D eigenvalue weighted by atomic mass is 10.1. The predicted molar refractivity (Wildman–Crippen MR) is 76.7 cm³/mol. The summed E-state index contributed by atoms with van der Waals surface area (Å²) in [5, 5.41) is 18.1. The molecular weight excluding hydrogens is 252 g/mol. The highest BCUT2D eigenvalue weighted by atomic mass is 16.3. The van der Waals surface area contributed by atoms with Crippen LogP contribution < -0.4 is 4.90 Å². The molecule has 1 amide bonds. The Kier molecular flexibility index (Phi) is 3.72. The second-order valence-corrected chi connectivity index (χ2v) is 4.52. The molecule has 0 aliphatic rings. The van der Waals surface area contributed by atoms with Crippen molar-refractivity contribution in [2.45, 2.75) is 6.92 Å². The quantitative estimate of drug-likeness (QED) is 0.909. The van der Waals surface area contributed by atoms with Gasteiger partial charge in [-0.25, -0.2) is 0 Å². The summed E-state index contributed by atoms with van der Waals surface area (Å²) in [6.07, 6.45) is 0. The zero-order valence-electron chi connectivity index (χ0n) is 11.3. The van der Waals surface area contributed by atoms with Gasteiger partial charge < -0.3 is 10.0 Å². The Labute approximate surface area is 117 Å². The van der Waals surface area contributed by atoms with Gasteiger partial charge in [0.15, 0.2) is 0 Å². The van der Waals surface area contributed by atoms with Crippen LogP contribution in [0.5, 0.6) is 5.75 Å². The van der Waals surface area contributed by atoms with Gasteiger partial charge in [-0.1, -0.05) is 0 Å². The number of hydrogen-bond donors (Lipinski definition) is 1. The maximum atomic E-state index is 12.4. The summed E-state index contributed by atoms with van der Waals surface area (Å²) in [6, 6.07) is 13.5. The Morgan fingerprint density at radius 1 is 1.20 bits per heavy atom. The van der Waals surface area contributed by atoms with E-state index in [1.165, 1.54) is 11.0 Å². The minimum atomic E-state index is -0.160. The van der Waals surface area contributed by atoms with Crippen molar-refractivity contribution in [2.24, 2.45) is 0 Å². The fraction of sp³-hybridized carbons (Fsp3) is 0.125. The van der Waals surface area contributed by atoms with Crippen molar-refractivity contribution >= 4 is 11.6 Å². The molecule has 0 fully saturated rings. The number of nitrogens with zero attached hydrogens (tertiary/aromatic N) is 2. The standard InChI is InChI=1S/C16H14N2O2/c1-11-9-14(19)7-8-15(11)16(20)18(2)13-5-3-12(10-17)4-6-13/h3-9,19H,1-2H3. The number of carbonyl (C=O) groups excluding carboxylic acids is 1. The number of carbonyl (C=O) groups is 1. The summed E-state index contributed by atoms with van der Waals surface area (Å²) in [5.41, 5.74) is 2.52. The molecule has 2 aromatic carbocycles. The molecule has 20 heavy (non-hydrogen) atoms. The molecule has 0 bridgehead atoms. The highest BCUT2D eigenvalue weighted by Crippen LogP contribution is 2.20. The van der Waals surface area contributed by atoms with Crippen LogP contribution in [0.4, 0.5) is 5.69 Å². The number of aromatic hydroxyl groups is 1. The molecule has 0 spiro atoms. The third kappa shape index (κ3) is 2.62. The van der Waals surface area contributed by atoms with Crippen LogP contribution in [0, 0.1) is 18.3 Å². The lowest BCUT2D eigenvalue weighted by Crippen LogP contribution is -2.26. The van der Waals surface area contributed by atoms with Crippen LogP contribution in [-0.4, -0.2) is 18.1 Å². The average Bonchev–Trinajstić information content (AvgIpc) is 2.46. The number of aryl methyl sites for hydroxylation is 1. The van der Waals surface area contributed by atoms with Gasteiger partial charge in [0.25, 0.3) is 5.91 Å². The zero-order valence-corrected chi connectivity index (χ0v) is 11.3. The molecule has 0 heterocycles. The Morgan fingerprint density at radius 3 is 2.40 bits per heavy atom. The lowest BCUT2D eigenvalue weighted by molar-refractivity contribution is 0.0992. The first kappa shape index (κ1) is 13.6. The summed E-state index contributed by atoms with van der Waals surface area (Å²) in [4.78, 5) is 13.9. The number of anilines is 1. The molecular formula is C16H14N2O2. The number of phenolic OH excluding ortho intramolecular Hbond substituents is 1. The third-order valence-corrected chi connectivity index (χ3v) is 3.13. The van der Waals surface area contributed by atoms with E-state index in [-0.39, 0.29) is 11.7 Å². The van der Waals surface area contributed by atoms with Gasteiger partial charge in [-0.2, -0.15) is 5.26 Å². The second kappa shape index (κ2) is 5.45. The van der Waals surface area contributed by atoms with Crippen LogP contribution >= 0.6 is 0 Å². The van der Waals surface area contributed by atoms with E-state index >= 15 is 0 Å². The largest absolute Gasteiger partial charge is 0.508 e. The number of amides is 1. The highest BCUT2D eigenvalue weighted by Gasteiger charge is 2.15. The van der Waals surface area contributed by atoms with Gasteiger partial charge in [0.1, 0.15) is 5.75 Å². The number of benzene rings is 2. The van der Waals surface area contributed by atoms with Crippen LogP contribution in [0.1, 0.15) is 21.5 Å². The van der Waals surface area contributed by atoms with Gasteiger partial charge in [0.05, 0.1) is 11.6 Å². The molecule has 0 aliphatic carbocycles. The molecule has 0 unspecified atom stereocenters. The van der Waals surface area contributed by atoms with Crippen molar-refractivity contribution in [2.75, 3.05) is 11.9 Å². The van der Waals surface area contributed by atoms with Crippen molar-refractivity contribution < 1.29 is 9.90 Å². The first-order valence-corrected chi connectivity index (χ1v) is 6.11. The van der Waals surface area contributed by atoms with Crippen molar-refractivity contribution in [1.82, 2.24) is 0 Å². The smallest absolute Gasteiger partial charge is 0.258 e. The van der Waals surface area contributed by atoms with Gasteiger partial charge in [0.2, 0.25) is 0 Å². The van der Waals surface area contributed by atoms with E-state index in [2.05, 4.69) is 0 Å². The van der Waals surface area contributed by atoms with Crippen LogP contribution in [0.25, 0.3) is 0 Å². The molecule has 100 valence electrons. The molecule has 4 heteroatoms. The molecule has 0 aliphatic heterocycles. The minimum Gasteiger partial charge on any atom is -0.508 e.